The van der Waals surface area contributed by atoms with Crippen molar-refractivity contribution in [3.63, 3.8) is 0 Å². The number of nitrogen functional groups attached to an aromatic ring is 1. The van der Waals surface area contributed by atoms with Gasteiger partial charge in [-0.1, -0.05) is 40.9 Å². The van der Waals surface area contributed by atoms with E-state index in [0.717, 1.165) is 5.69 Å². The number of halogens is 2. The number of aliphatic carboxylic acids is 1. The molecule has 0 aliphatic heterocycles. The third-order valence-corrected chi connectivity index (χ3v) is 1.64. The molecule has 1 rings (SSSR count). The predicted molar refractivity (Wildman–Crippen MR) is 58.7 cm³/mol. The summed E-state index contributed by atoms with van der Waals surface area (Å²) in [5.74, 6) is -1.21. The molecule has 0 radical (unpaired) electrons. The highest BCUT2D eigenvalue weighted by atomic mass is 35.5. The van der Waals surface area contributed by atoms with Crippen molar-refractivity contribution in [2.45, 2.75) is 11.8 Å². The Morgan fingerprint density at radius 2 is 1.71 bits per heavy atom. The van der Waals surface area contributed by atoms with Crippen LogP contribution in [0.5, 0.6) is 0 Å². The lowest BCUT2D eigenvalue weighted by atomic mass is 10.2. The van der Waals surface area contributed by atoms with E-state index in [1.165, 1.54) is 5.56 Å². The summed E-state index contributed by atoms with van der Waals surface area (Å²) < 4.78 is 0. The number of rotatable bonds is 1. The number of hydrogen-bond acceptors (Lipinski definition) is 2. The zero-order valence-corrected chi connectivity index (χ0v) is 9.09. The maximum Gasteiger partial charge on any atom is 0.337 e. The summed E-state index contributed by atoms with van der Waals surface area (Å²) in [6, 6.07) is 7.79. The lowest BCUT2D eigenvalue weighted by molar-refractivity contribution is -0.135. The average molecular weight is 236 g/mol. The van der Waals surface area contributed by atoms with Crippen LogP contribution in [0.3, 0.4) is 0 Å². The highest BCUT2D eigenvalue weighted by Crippen LogP contribution is 2.02. The Kier molecular flexibility index (Phi) is 6.08. The summed E-state index contributed by atoms with van der Waals surface area (Å²) >= 11 is 9.56. The van der Waals surface area contributed by atoms with E-state index < -0.39 is 10.8 Å². The molecule has 0 aromatic heterocycles. The summed E-state index contributed by atoms with van der Waals surface area (Å²) in [5, 5.41) is 7.73. The third kappa shape index (κ3) is 6.57. The van der Waals surface area contributed by atoms with Gasteiger partial charge in [-0.2, -0.15) is 0 Å². The van der Waals surface area contributed by atoms with Crippen LogP contribution in [0.15, 0.2) is 24.3 Å². The number of alkyl halides is 2. The molecule has 0 aliphatic rings. The van der Waals surface area contributed by atoms with Crippen molar-refractivity contribution in [3.05, 3.63) is 29.8 Å². The number of aryl methyl sites for hydroxylation is 1. The topological polar surface area (TPSA) is 63.3 Å². The van der Waals surface area contributed by atoms with Gasteiger partial charge in [0.2, 0.25) is 4.84 Å². The standard InChI is InChI=1S/C7H9N.C2H2Cl2O2/c1-6-2-4-7(8)5-3-6;3-1(4)2(5)6/h2-5H,8H2,1H3;1H,(H,5,6). The van der Waals surface area contributed by atoms with Crippen LogP contribution in [0.1, 0.15) is 5.56 Å². The summed E-state index contributed by atoms with van der Waals surface area (Å²) in [6.07, 6.45) is 0. The molecule has 0 fully saturated rings. The van der Waals surface area contributed by atoms with Gasteiger partial charge < -0.3 is 10.8 Å². The summed E-state index contributed by atoms with van der Waals surface area (Å²) in [4.78, 5) is 8.15. The fourth-order valence-corrected chi connectivity index (χ4v) is 0.566. The maximum atomic E-state index is 9.44. The Bertz CT molecular complexity index is 264. The van der Waals surface area contributed by atoms with E-state index in [2.05, 4.69) is 0 Å². The molecule has 0 saturated heterocycles. The lowest BCUT2D eigenvalue weighted by Gasteiger charge is -1.90. The van der Waals surface area contributed by atoms with Crippen molar-refractivity contribution in [2.24, 2.45) is 0 Å². The molecule has 0 amide bonds. The summed E-state index contributed by atoms with van der Waals surface area (Å²) in [6.45, 7) is 2.04. The quantitative estimate of drug-likeness (QED) is 0.581. The van der Waals surface area contributed by atoms with Crippen molar-refractivity contribution in [2.75, 3.05) is 5.73 Å². The van der Waals surface area contributed by atoms with E-state index >= 15 is 0 Å². The molecule has 14 heavy (non-hydrogen) atoms. The van der Waals surface area contributed by atoms with E-state index in [-0.39, 0.29) is 0 Å². The van der Waals surface area contributed by atoms with E-state index in [4.69, 9.17) is 34.0 Å². The van der Waals surface area contributed by atoms with Gasteiger partial charge in [0.15, 0.2) is 0 Å². The van der Waals surface area contributed by atoms with E-state index in [0.29, 0.717) is 0 Å². The van der Waals surface area contributed by atoms with Gasteiger partial charge in [-0.15, -0.1) is 0 Å². The number of carboxylic acid groups (broad SMARTS) is 1. The molecule has 1 aromatic carbocycles. The van der Waals surface area contributed by atoms with Gasteiger partial charge in [-0.25, -0.2) is 4.79 Å². The SMILES string of the molecule is Cc1ccc(N)cc1.O=C(O)C(Cl)Cl. The molecule has 5 heteroatoms. The largest absolute Gasteiger partial charge is 0.479 e. The lowest BCUT2D eigenvalue weighted by Crippen LogP contribution is -2.03. The second-order valence-electron chi connectivity index (χ2n) is 2.55. The minimum Gasteiger partial charge on any atom is -0.479 e. The average Bonchev–Trinajstić information content (AvgIpc) is 2.11. The Balaban J connectivity index is 0.000000255. The normalized spacial score (nSPS) is 9.14. The Morgan fingerprint density at radius 1 is 1.36 bits per heavy atom. The van der Waals surface area contributed by atoms with E-state index in [1.807, 2.05) is 31.2 Å². The van der Waals surface area contributed by atoms with Crippen LogP contribution in [0.25, 0.3) is 0 Å². The number of benzene rings is 1. The Hall–Kier alpha value is -0.930. The van der Waals surface area contributed by atoms with Crippen molar-refractivity contribution < 1.29 is 9.90 Å². The van der Waals surface area contributed by atoms with Crippen LogP contribution in [0.2, 0.25) is 0 Å². The van der Waals surface area contributed by atoms with Gasteiger partial charge in [-0.05, 0) is 19.1 Å². The molecular weight excluding hydrogens is 225 g/mol. The first-order valence-corrected chi connectivity index (χ1v) is 4.64. The third-order valence-electron chi connectivity index (χ3n) is 1.26. The van der Waals surface area contributed by atoms with Crippen molar-refractivity contribution >= 4 is 34.9 Å². The van der Waals surface area contributed by atoms with Crippen LogP contribution in [0, 0.1) is 6.92 Å². The minimum atomic E-state index is -1.29. The van der Waals surface area contributed by atoms with Crippen LogP contribution < -0.4 is 5.73 Å². The second kappa shape index (κ2) is 6.51. The van der Waals surface area contributed by atoms with Gasteiger partial charge in [0.1, 0.15) is 0 Å². The maximum absolute atomic E-state index is 9.44. The monoisotopic (exact) mass is 235 g/mol. The first-order chi connectivity index (χ1) is 6.43. The zero-order valence-electron chi connectivity index (χ0n) is 7.58. The molecule has 3 N–H and O–H groups in total. The smallest absolute Gasteiger partial charge is 0.337 e. The van der Waals surface area contributed by atoms with Gasteiger partial charge in [0.25, 0.3) is 0 Å². The summed E-state index contributed by atoms with van der Waals surface area (Å²) in [5.41, 5.74) is 7.51. The first-order valence-electron chi connectivity index (χ1n) is 3.76. The molecule has 1 aromatic rings. The van der Waals surface area contributed by atoms with Gasteiger partial charge in [-0.3, -0.25) is 0 Å². The van der Waals surface area contributed by atoms with Crippen molar-refractivity contribution in [1.82, 2.24) is 0 Å². The van der Waals surface area contributed by atoms with Crippen LogP contribution >= 0.6 is 23.2 Å². The Labute approximate surface area is 92.4 Å². The van der Waals surface area contributed by atoms with Crippen molar-refractivity contribution in [3.8, 4) is 0 Å². The van der Waals surface area contributed by atoms with E-state index in [9.17, 15) is 4.79 Å². The fourth-order valence-electron chi connectivity index (χ4n) is 0.566. The molecule has 0 bridgehead atoms. The highest BCUT2D eigenvalue weighted by molar-refractivity contribution is 6.52. The molecular formula is C9H11Cl2NO2. The van der Waals surface area contributed by atoms with Crippen LogP contribution in [-0.4, -0.2) is 15.9 Å². The van der Waals surface area contributed by atoms with Gasteiger partial charge >= 0.3 is 5.97 Å². The van der Waals surface area contributed by atoms with Gasteiger partial charge in [0, 0.05) is 5.69 Å². The number of hydrogen-bond donors (Lipinski definition) is 2. The predicted octanol–water partition coefficient (Wildman–Crippen LogP) is 2.45. The number of carbonyl (C=O) groups is 1. The molecule has 3 nitrogen and oxygen atoms in total. The zero-order chi connectivity index (χ0) is 11.1. The fraction of sp³-hybridized carbons (Fsp3) is 0.222. The van der Waals surface area contributed by atoms with Gasteiger partial charge in [0.05, 0.1) is 0 Å². The number of anilines is 1. The van der Waals surface area contributed by atoms with Crippen molar-refractivity contribution in [1.29, 1.82) is 0 Å². The molecule has 0 aliphatic carbocycles. The number of nitrogens with two attached hydrogens (primary N) is 1. The first kappa shape index (κ1) is 13.1. The molecule has 0 atom stereocenters. The van der Waals surface area contributed by atoms with Crippen LogP contribution in [0.4, 0.5) is 5.69 Å². The Morgan fingerprint density at radius 3 is 1.93 bits per heavy atom. The second-order valence-corrected chi connectivity index (χ2v) is 3.65. The molecule has 0 unspecified atom stereocenters. The molecule has 0 saturated carbocycles. The summed E-state index contributed by atoms with van der Waals surface area (Å²) in [7, 11) is 0. The molecule has 78 valence electrons. The molecule has 0 heterocycles. The minimum absolute atomic E-state index is 0.829. The molecule has 0 spiro atoms. The van der Waals surface area contributed by atoms with E-state index in [1.54, 1.807) is 0 Å². The number of carboxylic acids is 1. The van der Waals surface area contributed by atoms with Crippen LogP contribution in [-0.2, 0) is 4.79 Å². The highest BCUT2D eigenvalue weighted by Gasteiger charge is 2.05.